The van der Waals surface area contributed by atoms with E-state index in [1.54, 1.807) is 37.3 Å². The zero-order chi connectivity index (χ0) is 20.8. The Morgan fingerprint density at radius 3 is 2.48 bits per heavy atom. The molecule has 1 heterocycles. The van der Waals surface area contributed by atoms with E-state index in [0.717, 1.165) is 5.56 Å². The van der Waals surface area contributed by atoms with Crippen LogP contribution < -0.4 is 10.6 Å². The number of amides is 1. The number of hydrogen-bond donors (Lipinski definition) is 2. The van der Waals surface area contributed by atoms with Crippen molar-refractivity contribution < 1.29 is 14.3 Å². The summed E-state index contributed by atoms with van der Waals surface area (Å²) in [6.07, 6.45) is 0. The Morgan fingerprint density at radius 2 is 1.76 bits per heavy atom. The van der Waals surface area contributed by atoms with Crippen molar-refractivity contribution in [2.24, 2.45) is 0 Å². The summed E-state index contributed by atoms with van der Waals surface area (Å²) in [6, 6.07) is 16.4. The molecule has 0 aliphatic heterocycles. The molecule has 2 aromatic carbocycles. The molecule has 1 amide bonds. The van der Waals surface area contributed by atoms with Crippen LogP contribution >= 0.6 is 0 Å². The molecule has 2 N–H and O–H groups in total. The Balaban J connectivity index is 1.73. The highest BCUT2D eigenvalue weighted by Gasteiger charge is 2.12. The van der Waals surface area contributed by atoms with Crippen LogP contribution in [0.1, 0.15) is 37.8 Å². The molecule has 0 atom stereocenters. The topological polar surface area (TPSA) is 93.2 Å². The van der Waals surface area contributed by atoms with Gasteiger partial charge in [0.25, 0.3) is 5.91 Å². The standard InChI is InChI=1S/C22H22N4O3/c1-14-7-9-16(10-8-14)13-23-21(27)19-12-20(25-15(2)24-19)26-18-6-4-5-17(11-18)22(28)29-3/h4-12H,13H2,1-3H3,(H,23,27)(H,24,25,26). The monoisotopic (exact) mass is 390 g/mol. The Morgan fingerprint density at radius 1 is 1.00 bits per heavy atom. The SMILES string of the molecule is COC(=O)c1cccc(Nc2cc(C(=O)NCc3ccc(C)cc3)nc(C)n2)c1. The van der Waals surface area contributed by atoms with Gasteiger partial charge in [-0.05, 0) is 37.6 Å². The average molecular weight is 390 g/mol. The first kappa shape index (κ1) is 20.0. The number of rotatable bonds is 6. The zero-order valence-electron chi connectivity index (χ0n) is 16.5. The van der Waals surface area contributed by atoms with Crippen molar-refractivity contribution >= 4 is 23.4 Å². The van der Waals surface area contributed by atoms with Crippen molar-refractivity contribution in [1.29, 1.82) is 0 Å². The molecule has 0 spiro atoms. The first-order valence-corrected chi connectivity index (χ1v) is 9.09. The third-order valence-electron chi connectivity index (χ3n) is 4.20. The van der Waals surface area contributed by atoms with Crippen molar-refractivity contribution in [3.05, 3.63) is 82.8 Å². The van der Waals surface area contributed by atoms with Crippen molar-refractivity contribution in [2.45, 2.75) is 20.4 Å². The summed E-state index contributed by atoms with van der Waals surface area (Å²) in [4.78, 5) is 32.8. The van der Waals surface area contributed by atoms with Gasteiger partial charge in [-0.2, -0.15) is 0 Å². The summed E-state index contributed by atoms with van der Waals surface area (Å²) in [6.45, 7) is 4.14. The number of benzene rings is 2. The number of methoxy groups -OCH3 is 1. The maximum absolute atomic E-state index is 12.5. The Labute approximate surface area is 169 Å². The summed E-state index contributed by atoms with van der Waals surface area (Å²) in [5.41, 5.74) is 3.50. The summed E-state index contributed by atoms with van der Waals surface area (Å²) >= 11 is 0. The number of anilines is 2. The molecule has 1 aromatic heterocycles. The second-order valence-corrected chi connectivity index (χ2v) is 6.55. The molecular formula is C22H22N4O3. The first-order valence-electron chi connectivity index (χ1n) is 9.09. The van der Waals surface area contributed by atoms with Crippen LogP contribution in [0.5, 0.6) is 0 Å². The molecule has 0 bridgehead atoms. The highest BCUT2D eigenvalue weighted by molar-refractivity contribution is 5.93. The van der Waals surface area contributed by atoms with Crippen LogP contribution in [0.15, 0.2) is 54.6 Å². The number of ether oxygens (including phenoxy) is 1. The van der Waals surface area contributed by atoms with Crippen LogP contribution in [0.25, 0.3) is 0 Å². The molecule has 0 fully saturated rings. The van der Waals surface area contributed by atoms with Gasteiger partial charge < -0.3 is 15.4 Å². The zero-order valence-corrected chi connectivity index (χ0v) is 16.5. The summed E-state index contributed by atoms with van der Waals surface area (Å²) in [7, 11) is 1.33. The molecule has 7 heteroatoms. The van der Waals surface area contributed by atoms with Crippen LogP contribution in [0.4, 0.5) is 11.5 Å². The number of nitrogens with one attached hydrogen (secondary N) is 2. The van der Waals surface area contributed by atoms with Crippen molar-refractivity contribution in [1.82, 2.24) is 15.3 Å². The van der Waals surface area contributed by atoms with Gasteiger partial charge in [-0.1, -0.05) is 35.9 Å². The van der Waals surface area contributed by atoms with Crippen LogP contribution in [-0.4, -0.2) is 29.0 Å². The molecule has 0 saturated carbocycles. The molecule has 148 valence electrons. The minimum atomic E-state index is -0.427. The lowest BCUT2D eigenvalue weighted by Crippen LogP contribution is -2.24. The van der Waals surface area contributed by atoms with E-state index in [-0.39, 0.29) is 11.6 Å². The van der Waals surface area contributed by atoms with E-state index in [1.165, 1.54) is 12.7 Å². The second kappa shape index (κ2) is 8.97. The molecule has 0 aliphatic carbocycles. The normalized spacial score (nSPS) is 10.3. The molecule has 29 heavy (non-hydrogen) atoms. The van der Waals surface area contributed by atoms with Crippen LogP contribution in [-0.2, 0) is 11.3 Å². The maximum atomic E-state index is 12.5. The molecule has 7 nitrogen and oxygen atoms in total. The molecule has 0 unspecified atom stereocenters. The van der Waals surface area contributed by atoms with Gasteiger partial charge in [0.05, 0.1) is 12.7 Å². The summed E-state index contributed by atoms with van der Waals surface area (Å²) < 4.78 is 4.74. The van der Waals surface area contributed by atoms with Gasteiger partial charge in [0.2, 0.25) is 0 Å². The van der Waals surface area contributed by atoms with E-state index in [4.69, 9.17) is 4.74 Å². The predicted octanol–water partition coefficient (Wildman–Crippen LogP) is 3.55. The molecule has 3 rings (SSSR count). The largest absolute Gasteiger partial charge is 0.465 e. The average Bonchev–Trinajstić information content (AvgIpc) is 2.72. The number of carbonyl (C=O) groups is 2. The van der Waals surface area contributed by atoms with Crippen molar-refractivity contribution in [3.8, 4) is 0 Å². The van der Waals surface area contributed by atoms with Crippen molar-refractivity contribution in [3.63, 3.8) is 0 Å². The number of esters is 1. The fourth-order valence-electron chi connectivity index (χ4n) is 2.72. The Kier molecular flexibility index (Phi) is 6.19. The lowest BCUT2D eigenvalue weighted by Gasteiger charge is -2.10. The predicted molar refractivity (Wildman–Crippen MR) is 110 cm³/mol. The number of nitrogens with zero attached hydrogens (tertiary/aromatic N) is 2. The molecule has 0 aliphatic rings. The van der Waals surface area contributed by atoms with Gasteiger partial charge in [-0.25, -0.2) is 14.8 Å². The number of aromatic nitrogens is 2. The summed E-state index contributed by atoms with van der Waals surface area (Å²) in [5, 5.41) is 5.97. The van der Waals surface area contributed by atoms with E-state index < -0.39 is 5.97 Å². The lowest BCUT2D eigenvalue weighted by atomic mass is 10.1. The van der Waals surface area contributed by atoms with E-state index in [1.807, 2.05) is 31.2 Å². The highest BCUT2D eigenvalue weighted by atomic mass is 16.5. The van der Waals surface area contributed by atoms with Crippen molar-refractivity contribution in [2.75, 3.05) is 12.4 Å². The quantitative estimate of drug-likeness (QED) is 0.625. The molecular weight excluding hydrogens is 368 g/mol. The fourth-order valence-corrected chi connectivity index (χ4v) is 2.72. The minimum absolute atomic E-state index is 0.260. The van der Waals surface area contributed by atoms with Gasteiger partial charge in [0.1, 0.15) is 17.3 Å². The first-order chi connectivity index (χ1) is 13.9. The highest BCUT2D eigenvalue weighted by Crippen LogP contribution is 2.17. The maximum Gasteiger partial charge on any atom is 0.337 e. The number of hydrogen-bond acceptors (Lipinski definition) is 6. The molecule has 3 aromatic rings. The van der Waals surface area contributed by atoms with E-state index in [9.17, 15) is 9.59 Å². The van der Waals surface area contributed by atoms with Gasteiger partial charge in [0.15, 0.2) is 0 Å². The van der Waals surface area contributed by atoms with Crippen LogP contribution in [0, 0.1) is 13.8 Å². The fraction of sp³-hybridized carbons (Fsp3) is 0.182. The Hall–Kier alpha value is -3.74. The third kappa shape index (κ3) is 5.38. The minimum Gasteiger partial charge on any atom is -0.465 e. The molecule has 0 radical (unpaired) electrons. The lowest BCUT2D eigenvalue weighted by molar-refractivity contribution is 0.0600. The number of carbonyl (C=O) groups excluding carboxylic acids is 2. The van der Waals surface area contributed by atoms with E-state index in [0.29, 0.717) is 29.4 Å². The van der Waals surface area contributed by atoms with Gasteiger partial charge in [-0.15, -0.1) is 0 Å². The smallest absolute Gasteiger partial charge is 0.337 e. The summed E-state index contributed by atoms with van der Waals surface area (Å²) in [5.74, 6) is 0.200. The van der Waals surface area contributed by atoms with Crippen LogP contribution in [0.2, 0.25) is 0 Å². The second-order valence-electron chi connectivity index (χ2n) is 6.55. The van der Waals surface area contributed by atoms with E-state index in [2.05, 4.69) is 20.6 Å². The Bertz CT molecular complexity index is 1030. The molecule has 0 saturated heterocycles. The van der Waals surface area contributed by atoms with Gasteiger partial charge in [0, 0.05) is 18.3 Å². The van der Waals surface area contributed by atoms with Gasteiger partial charge >= 0.3 is 5.97 Å². The van der Waals surface area contributed by atoms with Crippen LogP contribution in [0.3, 0.4) is 0 Å². The van der Waals surface area contributed by atoms with Gasteiger partial charge in [-0.3, -0.25) is 4.79 Å². The number of aryl methyl sites for hydroxylation is 2. The van der Waals surface area contributed by atoms with E-state index >= 15 is 0 Å². The third-order valence-corrected chi connectivity index (χ3v) is 4.20.